The molecule has 0 atom stereocenters. The number of rotatable bonds is 7. The molecule has 0 aliphatic rings. The second-order valence-corrected chi connectivity index (χ2v) is 2.40. The largest absolute Gasteiger partial charge is 0.324 e. The van der Waals surface area contributed by atoms with Crippen LogP contribution in [0.2, 0.25) is 0 Å². The molecular weight excluding hydrogens is 168 g/mol. The highest BCUT2D eigenvalue weighted by Crippen LogP contribution is 2.17. The average molecular weight is 188 g/mol. The minimum Gasteiger partial charge on any atom is -0.324 e. The lowest BCUT2D eigenvalue weighted by atomic mass is 10.4. The maximum atomic E-state index is 5.42. The normalized spacial score (nSPS) is 12.6. The molecule has 3 heteroatoms. The summed E-state index contributed by atoms with van der Waals surface area (Å²) in [6.07, 6.45) is 3.64. The molecule has 0 heterocycles. The number of ether oxygens (including phenoxy) is 3. The first kappa shape index (κ1) is 12.6. The van der Waals surface area contributed by atoms with Gasteiger partial charge in [-0.2, -0.15) is 0 Å². The Morgan fingerprint density at radius 3 is 1.54 bits per heavy atom. The van der Waals surface area contributed by atoms with Crippen LogP contribution in [0.3, 0.4) is 0 Å². The topological polar surface area (TPSA) is 27.7 Å². The molecule has 0 bridgehead atoms. The van der Waals surface area contributed by atoms with E-state index >= 15 is 0 Å². The quantitative estimate of drug-likeness (QED) is 0.453. The molecule has 0 aromatic carbocycles. The van der Waals surface area contributed by atoms with Crippen molar-refractivity contribution in [1.82, 2.24) is 0 Å². The summed E-state index contributed by atoms with van der Waals surface area (Å²) in [5.41, 5.74) is 0. The molecule has 0 aromatic heterocycles. The fourth-order valence-electron chi connectivity index (χ4n) is 1.08. The summed E-state index contributed by atoms with van der Waals surface area (Å²) in [5.74, 6) is -0.979. The molecule has 0 unspecified atom stereocenters. The van der Waals surface area contributed by atoms with E-state index < -0.39 is 5.97 Å². The highest BCUT2D eigenvalue weighted by Gasteiger charge is 2.28. The third-order valence-corrected chi connectivity index (χ3v) is 1.41. The summed E-state index contributed by atoms with van der Waals surface area (Å²) in [7, 11) is 0. The molecule has 0 spiro atoms. The first-order valence-electron chi connectivity index (χ1n) is 4.80. The van der Waals surface area contributed by atoms with E-state index in [9.17, 15) is 0 Å². The first-order chi connectivity index (χ1) is 6.24. The standard InChI is InChI=1S/C10H20O3/c1-5-9-10(11-6-2,12-7-3)13-8-4/h5,9H,6-8H2,1-4H3. The fraction of sp³-hybridized carbons (Fsp3) is 0.800. The molecule has 3 nitrogen and oxygen atoms in total. The Labute approximate surface area is 80.7 Å². The second-order valence-electron chi connectivity index (χ2n) is 2.40. The zero-order valence-corrected chi connectivity index (χ0v) is 9.00. The molecule has 0 radical (unpaired) electrons. The molecule has 0 N–H and O–H groups in total. The summed E-state index contributed by atoms with van der Waals surface area (Å²) >= 11 is 0. The van der Waals surface area contributed by atoms with Gasteiger partial charge in [-0.1, -0.05) is 6.08 Å². The Hall–Kier alpha value is -0.380. The molecule has 0 saturated heterocycles. The van der Waals surface area contributed by atoms with Crippen LogP contribution >= 0.6 is 0 Å². The molecule has 78 valence electrons. The zero-order valence-electron chi connectivity index (χ0n) is 9.00. The Morgan fingerprint density at radius 2 is 1.31 bits per heavy atom. The van der Waals surface area contributed by atoms with Crippen molar-refractivity contribution in [1.29, 1.82) is 0 Å². The summed E-state index contributed by atoms with van der Waals surface area (Å²) < 4.78 is 16.3. The molecule has 0 fully saturated rings. The van der Waals surface area contributed by atoms with Gasteiger partial charge < -0.3 is 14.2 Å². The van der Waals surface area contributed by atoms with Crippen LogP contribution in [-0.4, -0.2) is 25.8 Å². The SMILES string of the molecule is CC=CC(OCC)(OCC)OCC. The summed E-state index contributed by atoms with van der Waals surface area (Å²) in [6.45, 7) is 9.33. The summed E-state index contributed by atoms with van der Waals surface area (Å²) in [6, 6.07) is 0. The van der Waals surface area contributed by atoms with E-state index in [4.69, 9.17) is 14.2 Å². The Morgan fingerprint density at radius 1 is 0.923 bits per heavy atom. The third-order valence-electron chi connectivity index (χ3n) is 1.41. The van der Waals surface area contributed by atoms with Gasteiger partial charge >= 0.3 is 5.97 Å². The Bertz CT molecular complexity index is 126. The van der Waals surface area contributed by atoms with E-state index in [2.05, 4.69) is 0 Å². The van der Waals surface area contributed by atoms with Crippen molar-refractivity contribution in [2.24, 2.45) is 0 Å². The van der Waals surface area contributed by atoms with Crippen molar-refractivity contribution in [2.75, 3.05) is 19.8 Å². The van der Waals surface area contributed by atoms with Gasteiger partial charge in [-0.25, -0.2) is 0 Å². The van der Waals surface area contributed by atoms with Crippen LogP contribution in [0, 0.1) is 0 Å². The maximum absolute atomic E-state index is 5.42. The van der Waals surface area contributed by atoms with Gasteiger partial charge in [0.2, 0.25) is 0 Å². The van der Waals surface area contributed by atoms with Gasteiger partial charge in [-0.3, -0.25) is 0 Å². The lowest BCUT2D eigenvalue weighted by Gasteiger charge is -2.29. The molecular formula is C10H20O3. The Balaban J connectivity index is 4.37. The van der Waals surface area contributed by atoms with E-state index in [1.807, 2.05) is 33.8 Å². The van der Waals surface area contributed by atoms with Crippen LogP contribution in [0.5, 0.6) is 0 Å². The van der Waals surface area contributed by atoms with Crippen LogP contribution in [0.15, 0.2) is 12.2 Å². The van der Waals surface area contributed by atoms with Crippen LogP contribution in [0.4, 0.5) is 0 Å². The van der Waals surface area contributed by atoms with Crippen molar-refractivity contribution in [2.45, 2.75) is 33.7 Å². The zero-order chi connectivity index (χ0) is 10.2. The first-order valence-corrected chi connectivity index (χ1v) is 4.80. The van der Waals surface area contributed by atoms with Crippen molar-refractivity contribution in [3.63, 3.8) is 0 Å². The lowest BCUT2D eigenvalue weighted by Crippen LogP contribution is -2.37. The van der Waals surface area contributed by atoms with E-state index in [1.165, 1.54) is 0 Å². The van der Waals surface area contributed by atoms with Gasteiger partial charge in [-0.05, 0) is 27.7 Å². The predicted octanol–water partition coefficient (Wildman–Crippen LogP) is 2.33. The molecule has 0 aliphatic heterocycles. The maximum Gasteiger partial charge on any atom is 0.304 e. The smallest absolute Gasteiger partial charge is 0.304 e. The molecule has 0 aromatic rings. The van der Waals surface area contributed by atoms with Gasteiger partial charge in [0.05, 0.1) is 0 Å². The predicted molar refractivity (Wildman–Crippen MR) is 52.4 cm³/mol. The van der Waals surface area contributed by atoms with Crippen molar-refractivity contribution < 1.29 is 14.2 Å². The number of allylic oxidation sites excluding steroid dienone is 1. The Kier molecular flexibility index (Phi) is 6.86. The van der Waals surface area contributed by atoms with Crippen LogP contribution < -0.4 is 0 Å². The highest BCUT2D eigenvalue weighted by molar-refractivity contribution is 4.88. The second kappa shape index (κ2) is 7.06. The van der Waals surface area contributed by atoms with E-state index in [-0.39, 0.29) is 0 Å². The van der Waals surface area contributed by atoms with Gasteiger partial charge in [0, 0.05) is 25.9 Å². The van der Waals surface area contributed by atoms with Crippen molar-refractivity contribution in [3.05, 3.63) is 12.2 Å². The van der Waals surface area contributed by atoms with Gasteiger partial charge in [0.15, 0.2) is 0 Å². The number of hydrogen-bond donors (Lipinski definition) is 0. The minimum atomic E-state index is -0.979. The lowest BCUT2D eigenvalue weighted by molar-refractivity contribution is -0.345. The summed E-state index contributed by atoms with van der Waals surface area (Å²) in [4.78, 5) is 0. The van der Waals surface area contributed by atoms with Gasteiger partial charge in [0.25, 0.3) is 0 Å². The average Bonchev–Trinajstić information content (AvgIpc) is 2.06. The fourth-order valence-corrected chi connectivity index (χ4v) is 1.08. The minimum absolute atomic E-state index is 0.560. The van der Waals surface area contributed by atoms with E-state index in [0.717, 1.165) is 0 Å². The summed E-state index contributed by atoms with van der Waals surface area (Å²) in [5, 5.41) is 0. The van der Waals surface area contributed by atoms with E-state index in [1.54, 1.807) is 6.08 Å². The van der Waals surface area contributed by atoms with Crippen LogP contribution in [-0.2, 0) is 14.2 Å². The molecule has 0 aliphatic carbocycles. The van der Waals surface area contributed by atoms with Gasteiger partial charge in [0.1, 0.15) is 0 Å². The molecule has 13 heavy (non-hydrogen) atoms. The monoisotopic (exact) mass is 188 g/mol. The van der Waals surface area contributed by atoms with E-state index in [0.29, 0.717) is 19.8 Å². The van der Waals surface area contributed by atoms with Gasteiger partial charge in [-0.15, -0.1) is 0 Å². The third kappa shape index (κ3) is 4.41. The van der Waals surface area contributed by atoms with Crippen molar-refractivity contribution in [3.8, 4) is 0 Å². The molecule has 0 rings (SSSR count). The molecule has 0 saturated carbocycles. The van der Waals surface area contributed by atoms with Crippen molar-refractivity contribution >= 4 is 0 Å². The molecule has 0 amide bonds. The number of hydrogen-bond acceptors (Lipinski definition) is 3. The van der Waals surface area contributed by atoms with Crippen LogP contribution in [0.25, 0.3) is 0 Å². The van der Waals surface area contributed by atoms with Crippen LogP contribution in [0.1, 0.15) is 27.7 Å². The highest BCUT2D eigenvalue weighted by atomic mass is 16.9.